The van der Waals surface area contributed by atoms with Crippen molar-refractivity contribution in [3.8, 4) is 0 Å². The number of nitrogens with one attached hydrogen (secondary N) is 1. The Kier molecular flexibility index (Phi) is 7.50. The van der Waals surface area contributed by atoms with Crippen LogP contribution in [0.15, 0.2) is 60.7 Å². The largest absolute Gasteiger partial charge is 0.416 e. The zero-order valence-electron chi connectivity index (χ0n) is 21.9. The number of rotatable bonds is 6. The standard InChI is InChI=1S/C28H25F6N3O4S/c29-27(30,31)21-14-18(15-22(16-21)28(32,33)34)17-37-24(38)26(35-25(37)39)9-11-36(12-10-26)42(40,41)13-8-20-6-3-5-19-4-1-2-7-23(19)20/h1-7,14-16H,8-13,17H2,(H,35,39). The van der Waals surface area contributed by atoms with E-state index in [1.54, 1.807) is 0 Å². The van der Waals surface area contributed by atoms with Gasteiger partial charge in [0.15, 0.2) is 0 Å². The SMILES string of the molecule is O=C1NC2(CCN(S(=O)(=O)CCc3cccc4ccccc34)CC2)C(=O)N1Cc1cc(C(F)(F)F)cc(C(F)(F)F)c1. The van der Waals surface area contributed by atoms with Gasteiger partial charge in [0.05, 0.1) is 23.4 Å². The van der Waals surface area contributed by atoms with Crippen molar-refractivity contribution in [2.24, 2.45) is 0 Å². The monoisotopic (exact) mass is 613 g/mol. The summed E-state index contributed by atoms with van der Waals surface area (Å²) in [6, 6.07) is 13.1. The second kappa shape index (κ2) is 10.6. The molecular formula is C28H25F6N3O4S. The molecular weight excluding hydrogens is 588 g/mol. The fourth-order valence-corrected chi connectivity index (χ4v) is 6.95. The number of aryl methyl sites for hydroxylation is 1. The van der Waals surface area contributed by atoms with Gasteiger partial charge in [-0.05, 0) is 59.4 Å². The Morgan fingerprint density at radius 2 is 1.43 bits per heavy atom. The van der Waals surface area contributed by atoms with Gasteiger partial charge in [-0.25, -0.2) is 17.5 Å². The van der Waals surface area contributed by atoms with Crippen LogP contribution in [0.5, 0.6) is 0 Å². The molecule has 42 heavy (non-hydrogen) atoms. The summed E-state index contributed by atoms with van der Waals surface area (Å²) in [4.78, 5) is 26.5. The summed E-state index contributed by atoms with van der Waals surface area (Å²) in [5.74, 6) is -1.01. The Labute approximate surface area is 237 Å². The maximum absolute atomic E-state index is 13.3. The third-order valence-corrected chi connectivity index (χ3v) is 9.58. The van der Waals surface area contributed by atoms with Crippen molar-refractivity contribution in [2.45, 2.75) is 43.7 Å². The third-order valence-electron chi connectivity index (χ3n) is 7.71. The predicted molar refractivity (Wildman–Crippen MR) is 141 cm³/mol. The van der Waals surface area contributed by atoms with Crippen LogP contribution in [0.4, 0.5) is 31.1 Å². The molecule has 2 fully saturated rings. The molecule has 3 amide bonds. The first-order chi connectivity index (χ1) is 19.6. The molecule has 3 aromatic carbocycles. The van der Waals surface area contributed by atoms with E-state index in [0.29, 0.717) is 17.0 Å². The number of carbonyl (C=O) groups is 2. The molecule has 7 nitrogen and oxygen atoms in total. The Bertz CT molecular complexity index is 1610. The maximum atomic E-state index is 13.3. The average Bonchev–Trinajstić information content (AvgIpc) is 3.14. The lowest BCUT2D eigenvalue weighted by molar-refractivity contribution is -0.143. The van der Waals surface area contributed by atoms with Gasteiger partial charge in [-0.3, -0.25) is 9.69 Å². The minimum absolute atomic E-state index is 0.0344. The van der Waals surface area contributed by atoms with E-state index in [0.717, 1.165) is 16.3 Å². The Hall–Kier alpha value is -3.65. The van der Waals surface area contributed by atoms with Crippen molar-refractivity contribution in [2.75, 3.05) is 18.8 Å². The number of nitrogens with zero attached hydrogens (tertiary/aromatic N) is 2. The summed E-state index contributed by atoms with van der Waals surface area (Å²) in [6.45, 7) is -1.01. The molecule has 2 aliphatic heterocycles. The predicted octanol–water partition coefficient (Wildman–Crippen LogP) is 5.34. The minimum Gasteiger partial charge on any atom is -0.323 e. The third kappa shape index (κ3) is 5.82. The normalized spacial score (nSPS) is 18.2. The first-order valence-electron chi connectivity index (χ1n) is 13.0. The topological polar surface area (TPSA) is 86.8 Å². The Morgan fingerprint density at radius 3 is 2.05 bits per heavy atom. The number of benzene rings is 3. The van der Waals surface area contributed by atoms with Crippen molar-refractivity contribution in [1.29, 1.82) is 0 Å². The summed E-state index contributed by atoms with van der Waals surface area (Å²) >= 11 is 0. The minimum atomic E-state index is -5.08. The van der Waals surface area contributed by atoms with Crippen molar-refractivity contribution in [3.63, 3.8) is 0 Å². The van der Waals surface area contributed by atoms with Crippen LogP contribution >= 0.6 is 0 Å². The lowest BCUT2D eigenvalue weighted by Gasteiger charge is -2.36. The number of alkyl halides is 6. The molecule has 0 atom stereocenters. The molecule has 2 saturated heterocycles. The van der Waals surface area contributed by atoms with Crippen LogP contribution in [-0.4, -0.2) is 53.9 Å². The second-order valence-corrected chi connectivity index (χ2v) is 12.5. The Morgan fingerprint density at radius 1 is 0.833 bits per heavy atom. The van der Waals surface area contributed by atoms with Crippen LogP contribution in [0.25, 0.3) is 10.8 Å². The fraction of sp³-hybridized carbons (Fsp3) is 0.357. The molecule has 224 valence electrons. The van der Waals surface area contributed by atoms with Gasteiger partial charge in [0.1, 0.15) is 5.54 Å². The molecule has 0 radical (unpaired) electrons. The summed E-state index contributed by atoms with van der Waals surface area (Å²) in [7, 11) is -3.74. The highest BCUT2D eigenvalue weighted by Crippen LogP contribution is 2.38. The van der Waals surface area contributed by atoms with E-state index in [2.05, 4.69) is 5.32 Å². The fourth-order valence-electron chi connectivity index (χ4n) is 5.48. The number of hydrogen-bond acceptors (Lipinski definition) is 4. The summed E-state index contributed by atoms with van der Waals surface area (Å²) in [5, 5.41) is 4.42. The van der Waals surface area contributed by atoms with Gasteiger partial charge in [-0.2, -0.15) is 26.3 Å². The second-order valence-electron chi connectivity index (χ2n) is 10.4. The van der Waals surface area contributed by atoms with Gasteiger partial charge in [0.2, 0.25) is 10.0 Å². The molecule has 3 aromatic rings. The van der Waals surface area contributed by atoms with E-state index >= 15 is 0 Å². The summed E-state index contributed by atoms with van der Waals surface area (Å²) in [6.07, 6.45) is -10.1. The first kappa shape index (κ1) is 29.8. The number of carbonyl (C=O) groups excluding carboxylic acids is 2. The van der Waals surface area contributed by atoms with Gasteiger partial charge in [0.25, 0.3) is 5.91 Å². The molecule has 0 saturated carbocycles. The number of sulfonamides is 1. The summed E-state index contributed by atoms with van der Waals surface area (Å²) < 4.78 is 107. The quantitative estimate of drug-likeness (QED) is 0.301. The van der Waals surface area contributed by atoms with E-state index in [1.165, 1.54) is 4.31 Å². The molecule has 0 unspecified atom stereocenters. The van der Waals surface area contributed by atoms with Crippen LogP contribution in [-0.2, 0) is 40.1 Å². The maximum Gasteiger partial charge on any atom is 0.416 e. The van der Waals surface area contributed by atoms with Crippen LogP contribution in [0, 0.1) is 0 Å². The molecule has 5 rings (SSSR count). The van der Waals surface area contributed by atoms with Crippen LogP contribution in [0.1, 0.15) is 35.1 Å². The van der Waals surface area contributed by atoms with Gasteiger partial charge in [0, 0.05) is 13.1 Å². The molecule has 14 heteroatoms. The zero-order chi connectivity index (χ0) is 30.5. The van der Waals surface area contributed by atoms with Crippen LogP contribution in [0.3, 0.4) is 0 Å². The number of halogens is 6. The van der Waals surface area contributed by atoms with E-state index in [4.69, 9.17) is 0 Å². The highest BCUT2D eigenvalue weighted by Gasteiger charge is 2.53. The average molecular weight is 614 g/mol. The van der Waals surface area contributed by atoms with Gasteiger partial charge in [-0.1, -0.05) is 42.5 Å². The van der Waals surface area contributed by atoms with Gasteiger partial charge < -0.3 is 5.32 Å². The molecule has 0 aliphatic carbocycles. The van der Waals surface area contributed by atoms with E-state index in [9.17, 15) is 44.3 Å². The van der Waals surface area contributed by atoms with Crippen molar-refractivity contribution in [1.82, 2.24) is 14.5 Å². The number of imide groups is 1. The smallest absolute Gasteiger partial charge is 0.323 e. The zero-order valence-corrected chi connectivity index (χ0v) is 22.7. The Balaban J connectivity index is 1.27. The highest BCUT2D eigenvalue weighted by atomic mass is 32.2. The van der Waals surface area contributed by atoms with Crippen LogP contribution in [0.2, 0.25) is 0 Å². The molecule has 2 heterocycles. The number of piperidine rings is 1. The number of amides is 3. The van der Waals surface area contributed by atoms with Gasteiger partial charge >= 0.3 is 18.4 Å². The van der Waals surface area contributed by atoms with E-state index in [1.807, 2.05) is 42.5 Å². The highest BCUT2D eigenvalue weighted by molar-refractivity contribution is 7.89. The van der Waals surface area contributed by atoms with E-state index in [-0.39, 0.29) is 44.2 Å². The van der Waals surface area contributed by atoms with Crippen molar-refractivity contribution < 1.29 is 44.3 Å². The van der Waals surface area contributed by atoms with E-state index < -0.39 is 63.1 Å². The molecule has 1 N–H and O–H groups in total. The first-order valence-corrected chi connectivity index (χ1v) is 14.6. The van der Waals surface area contributed by atoms with Crippen molar-refractivity contribution >= 4 is 32.7 Å². The lowest BCUT2D eigenvalue weighted by Crippen LogP contribution is -2.56. The molecule has 0 bridgehead atoms. The molecule has 0 aromatic heterocycles. The summed E-state index contributed by atoms with van der Waals surface area (Å²) in [5.41, 5.74) is -4.28. The number of fused-ring (bicyclic) bond motifs is 1. The van der Waals surface area contributed by atoms with Gasteiger partial charge in [-0.15, -0.1) is 0 Å². The number of hydrogen-bond donors (Lipinski definition) is 1. The lowest BCUT2D eigenvalue weighted by atomic mass is 9.88. The molecule has 1 spiro atoms. The van der Waals surface area contributed by atoms with Crippen LogP contribution < -0.4 is 5.32 Å². The van der Waals surface area contributed by atoms with Crippen molar-refractivity contribution in [3.05, 3.63) is 82.9 Å². The number of urea groups is 1. The molecule has 2 aliphatic rings.